The average molecular weight is 470 g/mol. The van der Waals surface area contributed by atoms with Gasteiger partial charge in [0, 0.05) is 30.2 Å². The van der Waals surface area contributed by atoms with Gasteiger partial charge in [0.05, 0.1) is 6.04 Å². The molecular formula is C24H31N5O5. The molecule has 34 heavy (non-hydrogen) atoms. The summed E-state index contributed by atoms with van der Waals surface area (Å²) in [7, 11) is 0. The number of amides is 3. The van der Waals surface area contributed by atoms with Crippen LogP contribution in [0.25, 0.3) is 10.9 Å². The van der Waals surface area contributed by atoms with Crippen LogP contribution in [-0.4, -0.2) is 80.8 Å². The predicted octanol–water partition coefficient (Wildman–Crippen LogP) is 0.609. The van der Waals surface area contributed by atoms with Gasteiger partial charge in [0.25, 0.3) is 0 Å². The van der Waals surface area contributed by atoms with Gasteiger partial charge >= 0.3 is 5.97 Å². The van der Waals surface area contributed by atoms with Crippen molar-refractivity contribution in [3.05, 3.63) is 36.0 Å². The van der Waals surface area contributed by atoms with Crippen molar-refractivity contribution in [1.82, 2.24) is 20.1 Å². The summed E-state index contributed by atoms with van der Waals surface area (Å²) in [6, 6.07) is 4.58. The van der Waals surface area contributed by atoms with Crippen LogP contribution in [0.4, 0.5) is 0 Å². The van der Waals surface area contributed by atoms with Gasteiger partial charge in [0.2, 0.25) is 17.7 Å². The summed E-state index contributed by atoms with van der Waals surface area (Å²) in [6.45, 7) is 2.23. The van der Waals surface area contributed by atoms with Crippen molar-refractivity contribution in [3.63, 3.8) is 0 Å². The van der Waals surface area contributed by atoms with E-state index in [9.17, 15) is 19.2 Å². The molecule has 1 aromatic carbocycles. The van der Waals surface area contributed by atoms with Gasteiger partial charge in [0.15, 0.2) is 0 Å². The minimum absolute atomic E-state index is 0.272. The van der Waals surface area contributed by atoms with Crippen molar-refractivity contribution >= 4 is 34.6 Å². The number of aliphatic carboxylic acids is 1. The maximum Gasteiger partial charge on any atom is 0.325 e. The molecule has 0 bridgehead atoms. The Morgan fingerprint density at radius 3 is 2.53 bits per heavy atom. The summed E-state index contributed by atoms with van der Waals surface area (Å²) >= 11 is 0. The number of nitrogens with one attached hydrogen (secondary N) is 2. The molecule has 0 radical (unpaired) electrons. The Balaban J connectivity index is 1.43. The molecule has 2 aromatic rings. The van der Waals surface area contributed by atoms with Gasteiger partial charge in [-0.3, -0.25) is 19.2 Å². The molecule has 182 valence electrons. The van der Waals surface area contributed by atoms with Crippen LogP contribution in [0.2, 0.25) is 0 Å². The van der Waals surface area contributed by atoms with Crippen LogP contribution in [0.15, 0.2) is 30.5 Å². The first-order valence-corrected chi connectivity index (χ1v) is 11.7. The summed E-state index contributed by atoms with van der Waals surface area (Å²) in [6.07, 6.45) is 4.51. The van der Waals surface area contributed by atoms with Crippen LogP contribution in [0.5, 0.6) is 0 Å². The number of hydrogen-bond acceptors (Lipinski definition) is 5. The lowest BCUT2D eigenvalue weighted by Gasteiger charge is -2.32. The van der Waals surface area contributed by atoms with Crippen LogP contribution in [0.1, 0.15) is 38.2 Å². The Kier molecular flexibility index (Phi) is 6.87. The van der Waals surface area contributed by atoms with Gasteiger partial charge in [-0.15, -0.1) is 0 Å². The van der Waals surface area contributed by atoms with E-state index < -0.39 is 36.0 Å². The van der Waals surface area contributed by atoms with Gasteiger partial charge in [-0.2, -0.15) is 0 Å². The highest BCUT2D eigenvalue weighted by atomic mass is 16.4. The van der Waals surface area contributed by atoms with Gasteiger partial charge in [-0.1, -0.05) is 18.2 Å². The number of para-hydroxylation sites is 1. The lowest BCUT2D eigenvalue weighted by atomic mass is 10.0. The highest BCUT2D eigenvalue weighted by Crippen LogP contribution is 2.26. The number of benzene rings is 1. The Morgan fingerprint density at radius 1 is 1.12 bits per heavy atom. The number of H-pyrrole nitrogens is 1. The molecular weight excluding hydrogens is 438 g/mol. The van der Waals surface area contributed by atoms with Crippen molar-refractivity contribution < 1.29 is 24.3 Å². The van der Waals surface area contributed by atoms with E-state index in [1.54, 1.807) is 4.90 Å². The van der Waals surface area contributed by atoms with Crippen molar-refractivity contribution in [3.8, 4) is 0 Å². The molecule has 0 saturated carbocycles. The van der Waals surface area contributed by atoms with E-state index in [1.807, 2.05) is 30.5 Å². The number of carboxylic acids is 1. The molecule has 10 heteroatoms. The van der Waals surface area contributed by atoms with Gasteiger partial charge in [-0.25, -0.2) is 0 Å². The molecule has 2 saturated heterocycles. The van der Waals surface area contributed by atoms with Crippen molar-refractivity contribution in [1.29, 1.82) is 0 Å². The van der Waals surface area contributed by atoms with Gasteiger partial charge in [0.1, 0.15) is 18.1 Å². The molecule has 2 aliphatic heterocycles. The van der Waals surface area contributed by atoms with Crippen LogP contribution in [0.3, 0.4) is 0 Å². The number of carbonyl (C=O) groups is 4. The minimum Gasteiger partial charge on any atom is -0.480 e. The first-order chi connectivity index (χ1) is 16.3. The molecule has 3 heterocycles. The van der Waals surface area contributed by atoms with E-state index in [0.717, 1.165) is 16.5 Å². The minimum atomic E-state index is -1.14. The summed E-state index contributed by atoms with van der Waals surface area (Å²) < 4.78 is 0. The zero-order valence-electron chi connectivity index (χ0n) is 19.2. The van der Waals surface area contributed by atoms with Crippen LogP contribution < -0.4 is 11.1 Å². The molecule has 3 amide bonds. The van der Waals surface area contributed by atoms with Gasteiger partial charge < -0.3 is 30.9 Å². The predicted molar refractivity (Wildman–Crippen MR) is 125 cm³/mol. The maximum atomic E-state index is 13.4. The molecule has 0 aliphatic carbocycles. The fraction of sp³-hybridized carbons (Fsp3) is 0.500. The van der Waals surface area contributed by atoms with E-state index in [4.69, 9.17) is 10.8 Å². The molecule has 5 N–H and O–H groups in total. The average Bonchev–Trinajstić information content (AvgIpc) is 3.57. The van der Waals surface area contributed by atoms with E-state index in [1.165, 1.54) is 11.8 Å². The third kappa shape index (κ3) is 4.63. The smallest absolute Gasteiger partial charge is 0.325 e. The van der Waals surface area contributed by atoms with E-state index in [0.29, 0.717) is 45.2 Å². The van der Waals surface area contributed by atoms with Crippen LogP contribution in [0, 0.1) is 0 Å². The lowest BCUT2D eigenvalue weighted by Crippen LogP contribution is -2.56. The number of hydrogen-bond donors (Lipinski definition) is 4. The topological polar surface area (TPSA) is 149 Å². The fourth-order valence-electron chi connectivity index (χ4n) is 4.99. The Bertz CT molecular complexity index is 1100. The highest BCUT2D eigenvalue weighted by molar-refractivity contribution is 5.95. The number of carboxylic acid groups (broad SMARTS) is 1. The fourth-order valence-corrected chi connectivity index (χ4v) is 4.99. The zero-order chi connectivity index (χ0) is 24.4. The number of fused-ring (bicyclic) bond motifs is 1. The summed E-state index contributed by atoms with van der Waals surface area (Å²) in [4.78, 5) is 56.6. The van der Waals surface area contributed by atoms with Crippen LogP contribution >= 0.6 is 0 Å². The first kappa shape index (κ1) is 23.7. The number of nitrogens with zero attached hydrogens (tertiary/aromatic N) is 2. The SMILES string of the molecule is C[C@H](NC(=O)[C@@H]1CCCN1C(=O)[C@@H]1CCCN1C(=O)[C@@H](N)Cc1c[nH]c2ccccc12)C(=O)O. The van der Waals surface area contributed by atoms with Crippen LogP contribution in [-0.2, 0) is 25.6 Å². The van der Waals surface area contributed by atoms with E-state index >= 15 is 0 Å². The zero-order valence-corrected chi connectivity index (χ0v) is 19.2. The largest absolute Gasteiger partial charge is 0.480 e. The molecule has 4 rings (SSSR count). The molecule has 4 atom stereocenters. The highest BCUT2D eigenvalue weighted by Gasteiger charge is 2.43. The second-order valence-corrected chi connectivity index (χ2v) is 9.12. The van der Waals surface area contributed by atoms with Crippen molar-refractivity contribution in [2.45, 2.75) is 63.2 Å². The third-order valence-electron chi connectivity index (χ3n) is 6.82. The summed E-state index contributed by atoms with van der Waals surface area (Å²) in [5, 5.41) is 12.5. The van der Waals surface area contributed by atoms with Crippen molar-refractivity contribution in [2.24, 2.45) is 5.73 Å². The number of nitrogens with two attached hydrogens (primary N) is 1. The second-order valence-electron chi connectivity index (χ2n) is 9.12. The number of aromatic nitrogens is 1. The maximum absolute atomic E-state index is 13.4. The summed E-state index contributed by atoms with van der Waals surface area (Å²) in [5.41, 5.74) is 8.22. The van der Waals surface area contributed by atoms with E-state index in [2.05, 4.69) is 10.3 Å². The molecule has 2 fully saturated rings. The summed E-state index contributed by atoms with van der Waals surface area (Å²) in [5.74, 6) is -2.17. The number of rotatable bonds is 7. The number of likely N-dealkylation sites (tertiary alicyclic amines) is 2. The lowest BCUT2D eigenvalue weighted by molar-refractivity contribution is -0.148. The molecule has 2 aliphatic rings. The standard InChI is InChI=1S/C24H31N5O5/c1-14(24(33)34)27-21(30)19-8-4-10-28(19)23(32)20-9-5-11-29(20)22(31)17(25)12-15-13-26-18-7-3-2-6-16(15)18/h2-3,6-7,13-14,17,19-20,26H,4-5,8-12,25H2,1H3,(H,27,30)(H,33,34)/t14-,17-,19-,20-/m0/s1. The second kappa shape index (κ2) is 9.84. The molecule has 0 unspecified atom stereocenters. The normalized spacial score (nSPS) is 22.1. The quantitative estimate of drug-likeness (QED) is 0.467. The Labute approximate surface area is 197 Å². The first-order valence-electron chi connectivity index (χ1n) is 11.7. The Morgan fingerprint density at radius 2 is 1.79 bits per heavy atom. The van der Waals surface area contributed by atoms with Crippen molar-refractivity contribution in [2.75, 3.05) is 13.1 Å². The number of aromatic amines is 1. The molecule has 1 aromatic heterocycles. The molecule has 0 spiro atoms. The molecule has 10 nitrogen and oxygen atoms in total. The number of carbonyl (C=O) groups excluding carboxylic acids is 3. The monoisotopic (exact) mass is 469 g/mol. The third-order valence-corrected chi connectivity index (χ3v) is 6.82. The van der Waals surface area contributed by atoms with Gasteiger partial charge in [-0.05, 0) is 50.7 Å². The van der Waals surface area contributed by atoms with E-state index in [-0.39, 0.29) is 11.8 Å². The Hall–Kier alpha value is -3.40.